The first-order chi connectivity index (χ1) is 19.9. The maximum atomic E-state index is 13.2. The van der Waals surface area contributed by atoms with Crippen molar-refractivity contribution in [2.24, 2.45) is 5.92 Å². The Morgan fingerprint density at radius 1 is 0.953 bits per heavy atom. The van der Waals surface area contributed by atoms with Crippen molar-refractivity contribution in [1.29, 1.82) is 0 Å². The molecule has 1 aromatic carbocycles. The molecule has 0 radical (unpaired) electrons. The van der Waals surface area contributed by atoms with Gasteiger partial charge in [-0.25, -0.2) is 19.0 Å². The van der Waals surface area contributed by atoms with Crippen LogP contribution < -0.4 is 5.32 Å². The monoisotopic (exact) mass is 624 g/mol. The zero-order valence-electron chi connectivity index (χ0n) is 23.2. The van der Waals surface area contributed by atoms with Crippen LogP contribution in [0, 0.1) is 11.7 Å². The Labute approximate surface area is 242 Å². The molecule has 238 valence electrons. The minimum atomic E-state index is -5.08. The van der Waals surface area contributed by atoms with Gasteiger partial charge >= 0.3 is 24.3 Å². The van der Waals surface area contributed by atoms with Gasteiger partial charge in [-0.1, -0.05) is 12.1 Å². The summed E-state index contributed by atoms with van der Waals surface area (Å²) >= 11 is 0. The van der Waals surface area contributed by atoms with E-state index in [1.54, 1.807) is 19.0 Å². The van der Waals surface area contributed by atoms with Crippen LogP contribution in [0.25, 0.3) is 0 Å². The van der Waals surface area contributed by atoms with Crippen molar-refractivity contribution < 1.29 is 55.3 Å². The number of aliphatic carboxylic acids is 2. The van der Waals surface area contributed by atoms with Crippen LogP contribution in [-0.2, 0) is 29.0 Å². The van der Waals surface area contributed by atoms with Crippen LogP contribution in [0.4, 0.5) is 36.6 Å². The van der Waals surface area contributed by atoms with E-state index in [2.05, 4.69) is 10.2 Å². The van der Waals surface area contributed by atoms with Crippen LogP contribution in [0.2, 0.25) is 0 Å². The number of benzene rings is 1. The molecule has 16 heteroatoms. The van der Waals surface area contributed by atoms with Crippen molar-refractivity contribution >= 4 is 23.7 Å². The van der Waals surface area contributed by atoms with Gasteiger partial charge in [0.05, 0.1) is 5.56 Å². The third-order valence-corrected chi connectivity index (χ3v) is 6.25. The van der Waals surface area contributed by atoms with E-state index in [1.807, 2.05) is 18.2 Å². The summed E-state index contributed by atoms with van der Waals surface area (Å²) in [6.07, 6.45) is -5.94. The van der Waals surface area contributed by atoms with Crippen LogP contribution in [-0.4, -0.2) is 88.9 Å². The van der Waals surface area contributed by atoms with E-state index in [9.17, 15) is 35.5 Å². The smallest absolute Gasteiger partial charge is 0.475 e. The van der Waals surface area contributed by atoms with Crippen molar-refractivity contribution in [3.8, 4) is 0 Å². The highest BCUT2D eigenvalue weighted by Gasteiger charge is 2.39. The van der Waals surface area contributed by atoms with Gasteiger partial charge in [0.25, 0.3) is 5.91 Å². The van der Waals surface area contributed by atoms with E-state index in [0.717, 1.165) is 61.7 Å². The molecule has 1 aliphatic carbocycles. The molecular weight excluding hydrogens is 593 g/mol. The number of anilines is 1. The van der Waals surface area contributed by atoms with Crippen LogP contribution >= 0.6 is 0 Å². The number of aromatic nitrogens is 1. The fraction of sp³-hybridized carbons (Fsp3) is 0.481. The third-order valence-electron chi connectivity index (χ3n) is 6.25. The number of hydrogen-bond acceptors (Lipinski definition) is 6. The number of carbonyl (C=O) groups is 3. The number of carboxylic acids is 2. The number of rotatable bonds is 6. The Bertz CT molecular complexity index is 1240. The van der Waals surface area contributed by atoms with Gasteiger partial charge in [0.1, 0.15) is 11.6 Å². The van der Waals surface area contributed by atoms with E-state index < -0.39 is 24.3 Å². The van der Waals surface area contributed by atoms with Gasteiger partial charge < -0.3 is 20.4 Å². The zero-order chi connectivity index (χ0) is 32.5. The molecule has 1 aromatic heterocycles. The summed E-state index contributed by atoms with van der Waals surface area (Å²) < 4.78 is 76.6. The van der Waals surface area contributed by atoms with Gasteiger partial charge in [0.15, 0.2) is 0 Å². The number of halogens is 7. The Hall–Kier alpha value is -3.95. The molecule has 2 heterocycles. The van der Waals surface area contributed by atoms with Crippen LogP contribution in [0.15, 0.2) is 30.3 Å². The topological polar surface area (TPSA) is 123 Å². The van der Waals surface area contributed by atoms with E-state index in [4.69, 9.17) is 24.8 Å². The number of carbonyl (C=O) groups excluding carboxylic acids is 1. The van der Waals surface area contributed by atoms with Crippen molar-refractivity contribution in [3.63, 3.8) is 0 Å². The first kappa shape index (κ1) is 35.2. The highest BCUT2D eigenvalue weighted by molar-refractivity contribution is 5.98. The molecule has 9 nitrogen and oxygen atoms in total. The van der Waals surface area contributed by atoms with Crippen molar-refractivity contribution in [1.82, 2.24) is 14.8 Å². The van der Waals surface area contributed by atoms with E-state index in [-0.39, 0.29) is 11.7 Å². The summed E-state index contributed by atoms with van der Waals surface area (Å²) in [5, 5.41) is 17.7. The second-order valence-electron chi connectivity index (χ2n) is 10.0. The first-order valence-electron chi connectivity index (χ1n) is 12.9. The molecule has 3 N–H and O–H groups in total. The van der Waals surface area contributed by atoms with Gasteiger partial charge in [0, 0.05) is 52.4 Å². The fourth-order valence-electron chi connectivity index (χ4n) is 3.79. The average molecular weight is 625 g/mol. The molecule has 0 unspecified atom stereocenters. The number of nitrogens with one attached hydrogen (secondary N) is 1. The highest BCUT2D eigenvalue weighted by Crippen LogP contribution is 2.30. The molecule has 1 amide bonds. The normalized spacial score (nSPS) is 15.0. The number of pyridine rings is 1. The predicted molar refractivity (Wildman–Crippen MR) is 140 cm³/mol. The lowest BCUT2D eigenvalue weighted by Gasteiger charge is -2.19. The van der Waals surface area contributed by atoms with Crippen LogP contribution in [0.3, 0.4) is 0 Å². The second kappa shape index (κ2) is 15.0. The summed E-state index contributed by atoms with van der Waals surface area (Å²) in [4.78, 5) is 39.4. The van der Waals surface area contributed by atoms with Gasteiger partial charge in [0.2, 0.25) is 0 Å². The van der Waals surface area contributed by atoms with Crippen molar-refractivity contribution in [3.05, 3.63) is 58.5 Å². The molecule has 1 saturated carbocycles. The lowest BCUT2D eigenvalue weighted by molar-refractivity contribution is -0.193. The Balaban J connectivity index is 0.000000384. The number of hydrogen-bond donors (Lipinski definition) is 3. The quantitative estimate of drug-likeness (QED) is 0.399. The van der Waals surface area contributed by atoms with Gasteiger partial charge in [-0.15, -0.1) is 0 Å². The minimum Gasteiger partial charge on any atom is -0.475 e. The molecule has 2 aromatic rings. The number of fused-ring (bicyclic) bond motifs is 1. The molecule has 4 rings (SSSR count). The first-order valence-corrected chi connectivity index (χ1v) is 12.9. The maximum absolute atomic E-state index is 13.2. The van der Waals surface area contributed by atoms with Crippen molar-refractivity contribution in [2.75, 3.05) is 39.0 Å². The summed E-state index contributed by atoms with van der Waals surface area (Å²) in [5.41, 5.74) is 4.02. The number of carboxylic acid groups (broad SMARTS) is 2. The zero-order valence-corrected chi connectivity index (χ0v) is 23.2. The minimum absolute atomic E-state index is 0.00832. The molecule has 43 heavy (non-hydrogen) atoms. The van der Waals surface area contributed by atoms with E-state index >= 15 is 0 Å². The van der Waals surface area contributed by atoms with Crippen molar-refractivity contribution in [2.45, 2.75) is 44.6 Å². The molecule has 2 aliphatic rings. The lowest BCUT2D eigenvalue weighted by Crippen LogP contribution is -2.25. The number of alkyl halides is 6. The van der Waals surface area contributed by atoms with E-state index in [1.165, 1.54) is 25.0 Å². The summed E-state index contributed by atoms with van der Waals surface area (Å²) in [6.45, 7) is 3.48. The average Bonchev–Trinajstić information content (AvgIpc) is 3.75. The third kappa shape index (κ3) is 12.1. The lowest BCUT2D eigenvalue weighted by atomic mass is 10.0. The molecule has 1 aliphatic heterocycles. The summed E-state index contributed by atoms with van der Waals surface area (Å²) in [7, 11) is 3.56. The van der Waals surface area contributed by atoms with Gasteiger partial charge in [-0.2, -0.15) is 26.3 Å². The fourth-order valence-corrected chi connectivity index (χ4v) is 3.79. The summed E-state index contributed by atoms with van der Waals surface area (Å²) in [6, 6.07) is 8.76. The number of amides is 1. The molecule has 0 bridgehead atoms. The van der Waals surface area contributed by atoms with Gasteiger partial charge in [-0.3, -0.25) is 9.69 Å². The maximum Gasteiger partial charge on any atom is 0.490 e. The van der Waals surface area contributed by atoms with Crippen LogP contribution in [0.1, 0.15) is 40.0 Å². The van der Waals surface area contributed by atoms with Crippen LogP contribution in [0.5, 0.6) is 0 Å². The standard InChI is InChI=1S/C23H29FN4O.2C2HF3O2/c1-27(2)23(29)20-13-18-9-11-28(15-17-5-7-19(24)8-6-17)12-10-21(18)26-22(20)25-14-16-3-4-16;2*3-2(4,5)1(6)7/h5-8,13,16H,3-4,9-12,14-15H2,1-2H3,(H,25,26);2*(H,6,7). The number of nitrogens with zero attached hydrogens (tertiary/aromatic N) is 3. The molecular formula is C27H31F7N4O5. The largest absolute Gasteiger partial charge is 0.490 e. The Morgan fingerprint density at radius 2 is 1.47 bits per heavy atom. The Kier molecular flexibility index (Phi) is 12.3. The predicted octanol–water partition coefficient (Wildman–Crippen LogP) is 4.61. The molecule has 0 atom stereocenters. The van der Waals surface area contributed by atoms with Gasteiger partial charge in [-0.05, 0) is 54.5 Å². The second-order valence-corrected chi connectivity index (χ2v) is 10.0. The highest BCUT2D eigenvalue weighted by atomic mass is 19.4. The SMILES string of the molecule is CN(C)C(=O)c1cc2c(nc1NCC1CC1)CCN(Cc1ccc(F)cc1)CC2.O=C(O)C(F)(F)F.O=C(O)C(F)(F)F. The Morgan fingerprint density at radius 3 is 1.93 bits per heavy atom. The summed E-state index contributed by atoms with van der Waals surface area (Å²) in [5.74, 6) is -4.29. The van der Waals surface area contributed by atoms with E-state index in [0.29, 0.717) is 11.5 Å². The molecule has 1 fully saturated rings. The molecule has 0 saturated heterocycles. The molecule has 0 spiro atoms.